The molecule has 0 spiro atoms. The minimum Gasteiger partial charge on any atom is -0.337 e. The Kier molecular flexibility index (Phi) is 3.41. The molecule has 0 saturated carbocycles. The maximum atomic E-state index is 4.28. The lowest BCUT2D eigenvalue weighted by molar-refractivity contribution is 0.638. The fourth-order valence-electron chi connectivity index (χ4n) is 1.73. The van der Waals surface area contributed by atoms with Crippen LogP contribution in [0.25, 0.3) is 0 Å². The van der Waals surface area contributed by atoms with Gasteiger partial charge in [-0.25, -0.2) is 4.98 Å². The van der Waals surface area contributed by atoms with Crippen LogP contribution in [-0.2, 0) is 20.1 Å². The third-order valence-corrected chi connectivity index (χ3v) is 3.67. The van der Waals surface area contributed by atoms with E-state index in [4.69, 9.17) is 0 Å². The molecular formula is C12H17N3S. The smallest absolute Gasteiger partial charge is 0.122 e. The van der Waals surface area contributed by atoms with Crippen molar-refractivity contribution < 1.29 is 0 Å². The highest BCUT2D eigenvalue weighted by Crippen LogP contribution is 2.20. The van der Waals surface area contributed by atoms with Crippen molar-refractivity contribution in [3.63, 3.8) is 0 Å². The minimum absolute atomic E-state index is 0.817. The van der Waals surface area contributed by atoms with E-state index in [1.165, 1.54) is 15.3 Å². The average molecular weight is 235 g/mol. The highest BCUT2D eigenvalue weighted by molar-refractivity contribution is 7.12. The van der Waals surface area contributed by atoms with E-state index < -0.39 is 0 Å². The first-order valence-electron chi connectivity index (χ1n) is 5.39. The highest BCUT2D eigenvalue weighted by Gasteiger charge is 2.03. The normalized spacial score (nSPS) is 10.9. The topological polar surface area (TPSA) is 29.9 Å². The van der Waals surface area contributed by atoms with Gasteiger partial charge in [-0.3, -0.25) is 0 Å². The lowest BCUT2D eigenvalue weighted by atomic mass is 10.2. The maximum Gasteiger partial charge on any atom is 0.122 e. The molecule has 0 unspecified atom stereocenters. The Morgan fingerprint density at radius 2 is 2.19 bits per heavy atom. The van der Waals surface area contributed by atoms with Crippen LogP contribution in [-0.4, -0.2) is 9.55 Å². The number of aromatic nitrogens is 2. The molecule has 0 amide bonds. The summed E-state index contributed by atoms with van der Waals surface area (Å²) in [6, 6.07) is 2.26. The van der Waals surface area contributed by atoms with Gasteiger partial charge in [0.05, 0.1) is 6.54 Å². The Morgan fingerprint density at radius 3 is 2.75 bits per heavy atom. The van der Waals surface area contributed by atoms with E-state index in [9.17, 15) is 0 Å². The SMILES string of the molecule is Cc1cc(CNCc2nccn2C)c(C)s1. The number of thiophene rings is 1. The molecule has 0 bridgehead atoms. The third kappa shape index (κ3) is 2.51. The average Bonchev–Trinajstić information content (AvgIpc) is 2.75. The van der Waals surface area contributed by atoms with Gasteiger partial charge in [-0.2, -0.15) is 0 Å². The predicted molar refractivity (Wildman–Crippen MR) is 67.5 cm³/mol. The predicted octanol–water partition coefficient (Wildman–Crippen LogP) is 2.39. The van der Waals surface area contributed by atoms with Crippen molar-refractivity contribution in [2.45, 2.75) is 26.9 Å². The molecule has 2 aromatic heterocycles. The summed E-state index contributed by atoms with van der Waals surface area (Å²) in [5.74, 6) is 1.07. The van der Waals surface area contributed by atoms with E-state index in [2.05, 4.69) is 30.2 Å². The van der Waals surface area contributed by atoms with Crippen LogP contribution in [0.2, 0.25) is 0 Å². The molecule has 0 radical (unpaired) electrons. The fraction of sp³-hybridized carbons (Fsp3) is 0.417. The second-order valence-electron chi connectivity index (χ2n) is 4.00. The molecule has 3 nitrogen and oxygen atoms in total. The fourth-order valence-corrected chi connectivity index (χ4v) is 2.68. The van der Waals surface area contributed by atoms with Crippen LogP contribution in [0.3, 0.4) is 0 Å². The molecule has 4 heteroatoms. The highest BCUT2D eigenvalue weighted by atomic mass is 32.1. The van der Waals surface area contributed by atoms with Crippen molar-refractivity contribution in [1.82, 2.24) is 14.9 Å². The summed E-state index contributed by atoms with van der Waals surface area (Å²) in [6.45, 7) is 6.07. The molecule has 2 heterocycles. The van der Waals surface area contributed by atoms with Gasteiger partial charge < -0.3 is 9.88 Å². The summed E-state index contributed by atoms with van der Waals surface area (Å²) >= 11 is 1.86. The van der Waals surface area contributed by atoms with E-state index in [0.29, 0.717) is 0 Å². The molecule has 86 valence electrons. The van der Waals surface area contributed by atoms with Crippen molar-refractivity contribution in [1.29, 1.82) is 0 Å². The summed E-state index contributed by atoms with van der Waals surface area (Å²) in [7, 11) is 2.02. The molecule has 0 atom stereocenters. The van der Waals surface area contributed by atoms with Gasteiger partial charge in [-0.05, 0) is 25.5 Å². The van der Waals surface area contributed by atoms with Crippen molar-refractivity contribution >= 4 is 11.3 Å². The molecule has 0 aliphatic heterocycles. The zero-order valence-electron chi connectivity index (χ0n) is 9.95. The van der Waals surface area contributed by atoms with E-state index in [0.717, 1.165) is 18.9 Å². The number of nitrogens with zero attached hydrogens (tertiary/aromatic N) is 2. The lowest BCUT2D eigenvalue weighted by Gasteiger charge is -2.04. The first-order chi connectivity index (χ1) is 7.66. The van der Waals surface area contributed by atoms with Gasteiger partial charge in [0.15, 0.2) is 0 Å². The van der Waals surface area contributed by atoms with Crippen molar-refractivity contribution in [3.05, 3.63) is 39.6 Å². The van der Waals surface area contributed by atoms with Gasteiger partial charge in [-0.1, -0.05) is 0 Å². The molecule has 0 aliphatic rings. The standard InChI is InChI=1S/C12H17N3S/c1-9-6-11(10(2)16-9)7-13-8-12-14-4-5-15(12)3/h4-6,13H,7-8H2,1-3H3. The van der Waals surface area contributed by atoms with Gasteiger partial charge in [0.25, 0.3) is 0 Å². The van der Waals surface area contributed by atoms with E-state index in [1.54, 1.807) is 0 Å². The lowest BCUT2D eigenvalue weighted by Crippen LogP contribution is -2.15. The summed E-state index contributed by atoms with van der Waals surface area (Å²) in [4.78, 5) is 7.07. The zero-order chi connectivity index (χ0) is 11.5. The number of nitrogens with one attached hydrogen (secondary N) is 1. The van der Waals surface area contributed by atoms with Crippen LogP contribution in [0.15, 0.2) is 18.5 Å². The first kappa shape index (κ1) is 11.4. The molecular weight excluding hydrogens is 218 g/mol. The van der Waals surface area contributed by atoms with Gasteiger partial charge in [0.2, 0.25) is 0 Å². The van der Waals surface area contributed by atoms with E-state index >= 15 is 0 Å². The second kappa shape index (κ2) is 4.80. The quantitative estimate of drug-likeness (QED) is 0.882. The Bertz CT molecular complexity index is 470. The summed E-state index contributed by atoms with van der Waals surface area (Å²) in [5.41, 5.74) is 1.40. The van der Waals surface area contributed by atoms with Crippen LogP contribution >= 0.6 is 11.3 Å². The molecule has 0 fully saturated rings. The first-order valence-corrected chi connectivity index (χ1v) is 6.21. The summed E-state index contributed by atoms with van der Waals surface area (Å²) in [6.07, 6.45) is 3.80. The largest absolute Gasteiger partial charge is 0.337 e. The van der Waals surface area contributed by atoms with Crippen LogP contribution in [0.1, 0.15) is 21.1 Å². The molecule has 16 heavy (non-hydrogen) atoms. The van der Waals surface area contributed by atoms with Gasteiger partial charge in [0, 0.05) is 35.7 Å². The second-order valence-corrected chi connectivity index (χ2v) is 5.46. The monoisotopic (exact) mass is 235 g/mol. The van der Waals surface area contributed by atoms with Gasteiger partial charge in [0.1, 0.15) is 5.82 Å². The van der Waals surface area contributed by atoms with Crippen LogP contribution in [0, 0.1) is 13.8 Å². The molecule has 2 rings (SSSR count). The van der Waals surface area contributed by atoms with Crippen LogP contribution in [0.4, 0.5) is 0 Å². The Balaban J connectivity index is 1.89. The molecule has 0 aliphatic carbocycles. The van der Waals surface area contributed by atoms with E-state index in [-0.39, 0.29) is 0 Å². The number of hydrogen-bond acceptors (Lipinski definition) is 3. The Labute approximate surface area is 100 Å². The van der Waals surface area contributed by atoms with Gasteiger partial charge >= 0.3 is 0 Å². The van der Waals surface area contributed by atoms with Crippen molar-refractivity contribution in [2.75, 3.05) is 0 Å². The molecule has 0 saturated heterocycles. The summed E-state index contributed by atoms with van der Waals surface area (Å²) in [5, 5.41) is 3.42. The minimum atomic E-state index is 0.817. The molecule has 1 N–H and O–H groups in total. The maximum absolute atomic E-state index is 4.28. The third-order valence-electron chi connectivity index (χ3n) is 2.66. The number of hydrogen-bond donors (Lipinski definition) is 1. The van der Waals surface area contributed by atoms with E-state index in [1.807, 2.05) is 35.3 Å². The Morgan fingerprint density at radius 1 is 1.38 bits per heavy atom. The van der Waals surface area contributed by atoms with Crippen molar-refractivity contribution in [3.8, 4) is 0 Å². The summed E-state index contributed by atoms with van der Waals surface area (Å²) < 4.78 is 2.04. The van der Waals surface area contributed by atoms with Crippen molar-refractivity contribution in [2.24, 2.45) is 7.05 Å². The molecule has 2 aromatic rings. The number of aryl methyl sites for hydroxylation is 3. The molecule has 0 aromatic carbocycles. The van der Waals surface area contributed by atoms with Gasteiger partial charge in [-0.15, -0.1) is 11.3 Å². The van der Waals surface area contributed by atoms with Crippen LogP contribution in [0.5, 0.6) is 0 Å². The zero-order valence-corrected chi connectivity index (χ0v) is 10.8. The number of imidazole rings is 1. The van der Waals surface area contributed by atoms with Crippen LogP contribution < -0.4 is 5.32 Å². The Hall–Kier alpha value is -1.13. The number of rotatable bonds is 4.